The Hall–Kier alpha value is -2.63. The first-order chi connectivity index (χ1) is 12.4. The number of ether oxygens (including phenoxy) is 1. The maximum atomic E-state index is 12.3. The second-order valence-electron chi connectivity index (χ2n) is 5.64. The number of nitrogens with one attached hydrogen (secondary N) is 1. The first kappa shape index (κ1) is 18.2. The molecule has 132 valence electrons. The van der Waals surface area contributed by atoms with E-state index in [4.69, 9.17) is 27.9 Å². The van der Waals surface area contributed by atoms with Gasteiger partial charge < -0.3 is 10.1 Å². The zero-order chi connectivity index (χ0) is 18.7. The molecule has 1 N–H and O–H groups in total. The molecule has 3 aromatic rings. The Bertz CT molecular complexity index is 939. The number of hydrogen-bond acceptors (Lipinski definition) is 4. The predicted molar refractivity (Wildman–Crippen MR) is 102 cm³/mol. The number of halogens is 2. The molecule has 0 aliphatic carbocycles. The van der Waals surface area contributed by atoms with Gasteiger partial charge in [-0.15, -0.1) is 0 Å². The van der Waals surface area contributed by atoms with Gasteiger partial charge in [0.15, 0.2) is 0 Å². The molecule has 0 aliphatic heterocycles. The van der Waals surface area contributed by atoms with Crippen molar-refractivity contribution in [1.29, 1.82) is 0 Å². The Labute approximate surface area is 161 Å². The van der Waals surface area contributed by atoms with Gasteiger partial charge in [-0.2, -0.15) is 0 Å². The number of anilines is 1. The van der Waals surface area contributed by atoms with Crippen LogP contribution < -0.4 is 10.1 Å². The molecule has 5 nitrogen and oxygen atoms in total. The lowest BCUT2D eigenvalue weighted by Gasteiger charge is -2.09. The summed E-state index contributed by atoms with van der Waals surface area (Å²) >= 11 is 11.9. The lowest BCUT2D eigenvalue weighted by atomic mass is 10.2. The summed E-state index contributed by atoms with van der Waals surface area (Å²) in [6.07, 6.45) is 0. The fourth-order valence-electron chi connectivity index (χ4n) is 2.32. The summed E-state index contributed by atoms with van der Waals surface area (Å²) in [5.74, 6) is 0.246. The maximum absolute atomic E-state index is 12.3. The topological polar surface area (TPSA) is 64.1 Å². The number of amides is 1. The molecule has 0 saturated heterocycles. The molecule has 0 atom stereocenters. The zero-order valence-electron chi connectivity index (χ0n) is 14.1. The maximum Gasteiger partial charge on any atom is 0.322 e. The summed E-state index contributed by atoms with van der Waals surface area (Å²) in [5, 5.41) is 3.54. The lowest BCUT2D eigenvalue weighted by Crippen LogP contribution is -2.12. The zero-order valence-corrected chi connectivity index (χ0v) is 15.6. The van der Waals surface area contributed by atoms with E-state index in [1.54, 1.807) is 36.4 Å². The minimum Gasteiger partial charge on any atom is -0.424 e. The molecule has 0 unspecified atom stereocenters. The van der Waals surface area contributed by atoms with Gasteiger partial charge in [-0.1, -0.05) is 23.2 Å². The summed E-state index contributed by atoms with van der Waals surface area (Å²) in [6.45, 7) is 3.75. The SMILES string of the molecule is Cc1cc(C)nc(Oc2ccc(NC(=O)c3ccc(Cl)cc3Cl)cc2)n1. The Balaban J connectivity index is 1.70. The van der Waals surface area contributed by atoms with E-state index in [2.05, 4.69) is 15.3 Å². The second kappa shape index (κ2) is 7.72. The molecular weight excluding hydrogens is 373 g/mol. The number of hydrogen-bond donors (Lipinski definition) is 1. The summed E-state index contributed by atoms with van der Waals surface area (Å²) in [4.78, 5) is 20.8. The van der Waals surface area contributed by atoms with Crippen molar-refractivity contribution in [3.05, 3.63) is 75.5 Å². The summed E-state index contributed by atoms with van der Waals surface area (Å²) in [5.41, 5.74) is 2.61. The number of nitrogens with zero attached hydrogens (tertiary/aromatic N) is 2. The van der Waals surface area contributed by atoms with Crippen molar-refractivity contribution >= 4 is 34.8 Å². The van der Waals surface area contributed by atoms with Gasteiger partial charge in [0.25, 0.3) is 5.91 Å². The molecule has 0 radical (unpaired) electrons. The summed E-state index contributed by atoms with van der Waals surface area (Å²) < 4.78 is 5.65. The molecule has 0 aliphatic rings. The molecule has 26 heavy (non-hydrogen) atoms. The average molecular weight is 388 g/mol. The van der Waals surface area contributed by atoms with E-state index in [0.717, 1.165) is 11.4 Å². The molecule has 0 fully saturated rings. The molecule has 0 bridgehead atoms. The van der Waals surface area contributed by atoms with Crippen molar-refractivity contribution in [1.82, 2.24) is 9.97 Å². The van der Waals surface area contributed by atoms with Crippen molar-refractivity contribution < 1.29 is 9.53 Å². The van der Waals surface area contributed by atoms with Crippen LogP contribution in [0.15, 0.2) is 48.5 Å². The van der Waals surface area contributed by atoms with Gasteiger partial charge in [0.1, 0.15) is 5.75 Å². The normalized spacial score (nSPS) is 10.5. The molecule has 7 heteroatoms. The Kier molecular flexibility index (Phi) is 5.40. The standard InChI is InChI=1S/C19H15Cl2N3O2/c1-11-9-12(2)23-19(22-11)26-15-6-4-14(5-7-15)24-18(25)16-8-3-13(20)10-17(16)21/h3-10H,1-2H3,(H,24,25). The van der Waals surface area contributed by atoms with Crippen molar-refractivity contribution in [2.45, 2.75) is 13.8 Å². The average Bonchev–Trinajstić information content (AvgIpc) is 2.55. The van der Waals surface area contributed by atoms with Crippen LogP contribution in [0, 0.1) is 13.8 Å². The van der Waals surface area contributed by atoms with E-state index < -0.39 is 0 Å². The van der Waals surface area contributed by atoms with Gasteiger partial charge in [-0.3, -0.25) is 4.79 Å². The van der Waals surface area contributed by atoms with Gasteiger partial charge in [-0.05, 0) is 62.4 Å². The van der Waals surface area contributed by atoms with Gasteiger partial charge in [0.2, 0.25) is 0 Å². The highest BCUT2D eigenvalue weighted by Gasteiger charge is 2.11. The molecule has 0 saturated carbocycles. The fraction of sp³-hybridized carbons (Fsp3) is 0.105. The van der Waals surface area contributed by atoms with Crippen molar-refractivity contribution in [3.63, 3.8) is 0 Å². The van der Waals surface area contributed by atoms with Crippen molar-refractivity contribution in [2.75, 3.05) is 5.32 Å². The minimum atomic E-state index is -0.321. The Morgan fingerprint density at radius 2 is 1.62 bits per heavy atom. The van der Waals surface area contributed by atoms with E-state index in [9.17, 15) is 4.79 Å². The van der Waals surface area contributed by atoms with Gasteiger partial charge in [0.05, 0.1) is 10.6 Å². The smallest absolute Gasteiger partial charge is 0.322 e. The Morgan fingerprint density at radius 1 is 0.962 bits per heavy atom. The molecule has 1 aromatic heterocycles. The first-order valence-electron chi connectivity index (χ1n) is 7.77. The summed E-state index contributed by atoms with van der Waals surface area (Å²) in [7, 11) is 0. The van der Waals surface area contributed by atoms with E-state index in [-0.39, 0.29) is 11.9 Å². The molecule has 0 spiro atoms. The van der Waals surface area contributed by atoms with Crippen LogP contribution in [0.3, 0.4) is 0 Å². The number of carbonyl (C=O) groups is 1. The molecule has 1 amide bonds. The van der Waals surface area contributed by atoms with Crippen LogP contribution in [0.25, 0.3) is 0 Å². The highest BCUT2D eigenvalue weighted by atomic mass is 35.5. The third kappa shape index (κ3) is 4.50. The second-order valence-corrected chi connectivity index (χ2v) is 6.48. The van der Waals surface area contributed by atoms with Crippen molar-refractivity contribution in [2.24, 2.45) is 0 Å². The van der Waals surface area contributed by atoms with Crippen LogP contribution in [-0.2, 0) is 0 Å². The molecule has 1 heterocycles. The third-order valence-electron chi connectivity index (χ3n) is 3.46. The number of aromatic nitrogens is 2. The largest absolute Gasteiger partial charge is 0.424 e. The lowest BCUT2D eigenvalue weighted by molar-refractivity contribution is 0.102. The van der Waals surface area contributed by atoms with Crippen LogP contribution in [0.5, 0.6) is 11.8 Å². The number of rotatable bonds is 4. The van der Waals surface area contributed by atoms with E-state index >= 15 is 0 Å². The highest BCUT2D eigenvalue weighted by molar-refractivity contribution is 6.37. The van der Waals surface area contributed by atoms with Crippen LogP contribution in [0.4, 0.5) is 5.69 Å². The number of carbonyl (C=O) groups excluding carboxylic acids is 1. The Morgan fingerprint density at radius 3 is 2.23 bits per heavy atom. The quantitative estimate of drug-likeness (QED) is 0.646. The van der Waals surface area contributed by atoms with Gasteiger partial charge >= 0.3 is 6.01 Å². The monoisotopic (exact) mass is 387 g/mol. The predicted octanol–water partition coefficient (Wildman–Crippen LogP) is 5.44. The number of aryl methyl sites for hydroxylation is 2. The molecule has 2 aromatic carbocycles. The van der Waals surface area contributed by atoms with Crippen LogP contribution in [0.1, 0.15) is 21.7 Å². The first-order valence-corrected chi connectivity index (χ1v) is 8.53. The molecular formula is C19H15Cl2N3O2. The summed E-state index contributed by atoms with van der Waals surface area (Å²) in [6, 6.07) is 13.8. The highest BCUT2D eigenvalue weighted by Crippen LogP contribution is 2.24. The fourth-order valence-corrected chi connectivity index (χ4v) is 2.82. The van der Waals surface area contributed by atoms with Crippen LogP contribution in [0.2, 0.25) is 10.0 Å². The van der Waals surface area contributed by atoms with Gasteiger partial charge in [-0.25, -0.2) is 9.97 Å². The minimum absolute atomic E-state index is 0.284. The van der Waals surface area contributed by atoms with Crippen molar-refractivity contribution in [3.8, 4) is 11.8 Å². The van der Waals surface area contributed by atoms with E-state index in [1.165, 1.54) is 6.07 Å². The van der Waals surface area contributed by atoms with Gasteiger partial charge in [0, 0.05) is 22.1 Å². The molecule has 3 rings (SSSR count). The van der Waals surface area contributed by atoms with E-state index in [1.807, 2.05) is 19.9 Å². The third-order valence-corrected chi connectivity index (χ3v) is 4.01. The van der Waals surface area contributed by atoms with Crippen LogP contribution >= 0.6 is 23.2 Å². The van der Waals surface area contributed by atoms with E-state index in [0.29, 0.717) is 27.0 Å². The number of benzene rings is 2. The van der Waals surface area contributed by atoms with Crippen LogP contribution in [-0.4, -0.2) is 15.9 Å².